The van der Waals surface area contributed by atoms with Crippen molar-refractivity contribution in [2.75, 3.05) is 32.4 Å². The van der Waals surface area contributed by atoms with Crippen molar-refractivity contribution >= 4 is 10.0 Å². The molecule has 150 valence electrons. The molecule has 11 heteroatoms. The Labute approximate surface area is 155 Å². The molecule has 2 fully saturated rings. The third kappa shape index (κ3) is 4.96. The number of fused-ring (bicyclic) bond motifs is 1. The summed E-state index contributed by atoms with van der Waals surface area (Å²) in [6, 6.07) is 5.14. The van der Waals surface area contributed by atoms with Gasteiger partial charge < -0.3 is 0 Å². The van der Waals surface area contributed by atoms with Crippen molar-refractivity contribution in [3.8, 4) is 0 Å². The van der Waals surface area contributed by atoms with Crippen LogP contribution in [0.25, 0.3) is 0 Å². The first kappa shape index (κ1) is 20.0. The Morgan fingerprint density at radius 1 is 1.30 bits per heavy atom. The largest absolute Gasteiger partial charge is 0.416 e. The standard InChI is InChI=1S/C16H22F3N4O3S/c1-27(25,26)20-8-13-10-21(15-5-6-23(24)22(15)11-13)9-12-3-2-4-14(7-12)16(17,18)19/h2-4,7,13,15,20H,5-6,8-11H2,1H3/q+1. The van der Waals surface area contributed by atoms with Gasteiger partial charge in [0, 0.05) is 25.6 Å². The van der Waals surface area contributed by atoms with E-state index in [1.54, 1.807) is 11.1 Å². The van der Waals surface area contributed by atoms with Gasteiger partial charge in [0.25, 0.3) is 0 Å². The molecule has 0 aromatic heterocycles. The van der Waals surface area contributed by atoms with Crippen LogP contribution in [-0.2, 0) is 22.7 Å². The first-order valence-electron chi connectivity index (χ1n) is 8.59. The fourth-order valence-corrected chi connectivity index (χ4v) is 4.20. The molecule has 0 bridgehead atoms. The second kappa shape index (κ2) is 7.36. The molecule has 2 saturated heterocycles. The van der Waals surface area contributed by atoms with Crippen LogP contribution >= 0.6 is 0 Å². The molecule has 7 nitrogen and oxygen atoms in total. The lowest BCUT2D eigenvalue weighted by molar-refractivity contribution is -0.697. The van der Waals surface area contributed by atoms with Crippen LogP contribution in [-0.4, -0.2) is 61.8 Å². The number of sulfonamides is 1. The number of hydrogen-bond acceptors (Lipinski definition) is 4. The van der Waals surface area contributed by atoms with Crippen LogP contribution in [0.2, 0.25) is 0 Å². The third-order valence-electron chi connectivity index (χ3n) is 4.84. The Bertz CT molecular complexity index is 815. The second-order valence-electron chi connectivity index (χ2n) is 7.08. The van der Waals surface area contributed by atoms with E-state index >= 15 is 0 Å². The van der Waals surface area contributed by atoms with E-state index in [1.807, 2.05) is 4.90 Å². The van der Waals surface area contributed by atoms with Gasteiger partial charge in [-0.25, -0.2) is 13.1 Å². The minimum atomic E-state index is -4.41. The zero-order valence-electron chi connectivity index (χ0n) is 14.8. The van der Waals surface area contributed by atoms with E-state index in [-0.39, 0.29) is 25.2 Å². The number of nitrogens with zero attached hydrogens (tertiary/aromatic N) is 3. The first-order valence-corrected chi connectivity index (χ1v) is 10.5. The normalized spacial score (nSPS) is 24.3. The monoisotopic (exact) mass is 407 g/mol. The van der Waals surface area contributed by atoms with Gasteiger partial charge >= 0.3 is 6.18 Å². The van der Waals surface area contributed by atoms with E-state index in [1.165, 1.54) is 6.07 Å². The molecule has 0 saturated carbocycles. The highest BCUT2D eigenvalue weighted by molar-refractivity contribution is 7.88. The highest BCUT2D eigenvalue weighted by atomic mass is 32.2. The molecule has 27 heavy (non-hydrogen) atoms. The SMILES string of the molecule is CS(=O)(=O)NCC1CN(Cc2cccc(C(F)(F)F)c2)C2CC[N+](=O)N2C1. The Kier molecular flexibility index (Phi) is 5.46. The van der Waals surface area contributed by atoms with Crippen LogP contribution in [0.3, 0.4) is 0 Å². The lowest BCUT2D eigenvalue weighted by Crippen LogP contribution is -2.57. The summed E-state index contributed by atoms with van der Waals surface area (Å²) in [5, 5.41) is 1.63. The number of halogens is 3. The van der Waals surface area contributed by atoms with Gasteiger partial charge in [-0.1, -0.05) is 18.2 Å². The molecular weight excluding hydrogens is 385 g/mol. The zero-order chi connectivity index (χ0) is 19.8. The van der Waals surface area contributed by atoms with Crippen LogP contribution in [0.5, 0.6) is 0 Å². The summed E-state index contributed by atoms with van der Waals surface area (Å²) in [6.07, 6.45) is -2.94. The molecule has 2 aliphatic rings. The molecule has 2 aliphatic heterocycles. The van der Waals surface area contributed by atoms with Crippen LogP contribution in [0.15, 0.2) is 24.3 Å². The minimum absolute atomic E-state index is 0.142. The molecule has 1 aromatic rings. The first-order chi connectivity index (χ1) is 12.5. The number of nitrogens with one attached hydrogen (secondary N) is 1. The zero-order valence-corrected chi connectivity index (χ0v) is 15.6. The van der Waals surface area contributed by atoms with Gasteiger partial charge in [-0.3, -0.25) is 4.90 Å². The van der Waals surface area contributed by atoms with E-state index in [2.05, 4.69) is 4.72 Å². The summed E-state index contributed by atoms with van der Waals surface area (Å²) < 4.78 is 64.0. The molecule has 0 aliphatic carbocycles. The average Bonchev–Trinajstić information content (AvgIpc) is 2.93. The van der Waals surface area contributed by atoms with Crippen molar-refractivity contribution in [2.24, 2.45) is 5.92 Å². The average molecular weight is 407 g/mol. The van der Waals surface area contributed by atoms with E-state index in [0.29, 0.717) is 31.6 Å². The van der Waals surface area contributed by atoms with E-state index in [4.69, 9.17) is 0 Å². The Hall–Kier alpha value is -1.72. The molecule has 0 amide bonds. The predicted molar refractivity (Wildman–Crippen MR) is 91.8 cm³/mol. The summed E-state index contributed by atoms with van der Waals surface area (Å²) >= 11 is 0. The summed E-state index contributed by atoms with van der Waals surface area (Å²) in [5.41, 5.74) is -0.202. The maximum absolute atomic E-state index is 13.0. The fourth-order valence-electron chi connectivity index (χ4n) is 3.66. The summed E-state index contributed by atoms with van der Waals surface area (Å²) in [6.45, 7) is 1.66. The van der Waals surface area contributed by atoms with E-state index in [0.717, 1.165) is 23.3 Å². The molecule has 2 atom stereocenters. The van der Waals surface area contributed by atoms with Crippen molar-refractivity contribution in [2.45, 2.75) is 25.3 Å². The number of hydrogen-bond donors (Lipinski definition) is 1. The molecule has 2 unspecified atom stereocenters. The van der Waals surface area contributed by atoms with Gasteiger partial charge in [0.2, 0.25) is 16.6 Å². The predicted octanol–water partition coefficient (Wildman–Crippen LogP) is 1.41. The van der Waals surface area contributed by atoms with Crippen LogP contribution in [0, 0.1) is 10.8 Å². The number of hydrazine groups is 1. The number of alkyl halides is 3. The Balaban J connectivity index is 1.77. The van der Waals surface area contributed by atoms with Gasteiger partial charge in [0.05, 0.1) is 29.7 Å². The van der Waals surface area contributed by atoms with Gasteiger partial charge in [-0.15, -0.1) is 5.01 Å². The van der Waals surface area contributed by atoms with Crippen LogP contribution in [0.1, 0.15) is 17.5 Å². The van der Waals surface area contributed by atoms with Gasteiger partial charge in [0.1, 0.15) is 11.0 Å². The Morgan fingerprint density at radius 2 is 2.04 bits per heavy atom. The van der Waals surface area contributed by atoms with Crippen molar-refractivity contribution in [3.05, 3.63) is 40.3 Å². The number of benzene rings is 1. The van der Waals surface area contributed by atoms with Crippen LogP contribution in [0.4, 0.5) is 13.2 Å². The molecule has 1 N–H and O–H groups in total. The van der Waals surface area contributed by atoms with Crippen molar-refractivity contribution in [3.63, 3.8) is 0 Å². The lowest BCUT2D eigenvalue weighted by atomic mass is 10.0. The quantitative estimate of drug-likeness (QED) is 0.748. The fraction of sp³-hybridized carbons (Fsp3) is 0.625. The molecule has 0 spiro atoms. The topological polar surface area (TPSA) is 72.7 Å². The van der Waals surface area contributed by atoms with Gasteiger partial charge in [-0.2, -0.15) is 13.2 Å². The molecule has 0 radical (unpaired) electrons. The number of nitroso groups, excluding NO2 is 1. The summed E-state index contributed by atoms with van der Waals surface area (Å²) in [4.78, 5) is 14.9. The maximum atomic E-state index is 13.0. The highest BCUT2D eigenvalue weighted by Gasteiger charge is 2.47. The maximum Gasteiger partial charge on any atom is 0.416 e. The molecule has 1 aromatic carbocycles. The Morgan fingerprint density at radius 3 is 2.70 bits per heavy atom. The minimum Gasteiger partial charge on any atom is -0.274 e. The number of rotatable bonds is 5. The molecule has 2 heterocycles. The smallest absolute Gasteiger partial charge is 0.274 e. The van der Waals surface area contributed by atoms with Crippen LogP contribution < -0.4 is 4.72 Å². The second-order valence-corrected chi connectivity index (χ2v) is 8.91. The summed E-state index contributed by atoms with van der Waals surface area (Å²) in [7, 11) is -3.36. The van der Waals surface area contributed by atoms with Crippen molar-refractivity contribution < 1.29 is 26.5 Å². The van der Waals surface area contributed by atoms with E-state index < -0.39 is 21.8 Å². The van der Waals surface area contributed by atoms with Gasteiger partial charge in [-0.05, 0) is 11.6 Å². The van der Waals surface area contributed by atoms with E-state index in [9.17, 15) is 26.5 Å². The van der Waals surface area contributed by atoms with Gasteiger partial charge in [0.15, 0.2) is 0 Å². The lowest BCUT2D eigenvalue weighted by Gasteiger charge is -2.39. The van der Waals surface area contributed by atoms with Crippen molar-refractivity contribution in [1.82, 2.24) is 14.6 Å². The third-order valence-corrected chi connectivity index (χ3v) is 5.53. The van der Waals surface area contributed by atoms with Crippen molar-refractivity contribution in [1.29, 1.82) is 0 Å². The summed E-state index contributed by atoms with van der Waals surface area (Å²) in [5.74, 6) is -0.142. The highest BCUT2D eigenvalue weighted by Crippen LogP contribution is 2.31. The molecular formula is C16H22F3N4O3S+. The molecule has 3 rings (SSSR count).